The van der Waals surface area contributed by atoms with Crippen molar-refractivity contribution in [1.29, 1.82) is 0 Å². The van der Waals surface area contributed by atoms with Gasteiger partial charge in [-0.15, -0.1) is 0 Å². The number of nitrogens with one attached hydrogen (secondary N) is 1. The van der Waals surface area contributed by atoms with Crippen molar-refractivity contribution in [3.63, 3.8) is 0 Å². The summed E-state index contributed by atoms with van der Waals surface area (Å²) in [5.74, 6) is 1.30. The lowest BCUT2D eigenvalue weighted by molar-refractivity contribution is 0.100. The van der Waals surface area contributed by atoms with E-state index in [-0.39, 0.29) is 5.91 Å². The Morgan fingerprint density at radius 1 is 1.15 bits per heavy atom. The number of carbonyl (C=O) groups is 1. The molecule has 0 bridgehead atoms. The largest absolute Gasteiger partial charge is 0.382 e. The molecule has 3 heteroatoms. The molecule has 0 radical (unpaired) electrons. The summed E-state index contributed by atoms with van der Waals surface area (Å²) in [7, 11) is 0. The fraction of sp³-hybridized carbons (Fsp3) is 0.588. The van der Waals surface area contributed by atoms with E-state index in [1.165, 1.54) is 32.1 Å². The number of rotatable bonds is 4. The molecule has 0 saturated heterocycles. The Balaban J connectivity index is 1.91. The molecule has 1 aliphatic rings. The van der Waals surface area contributed by atoms with E-state index in [4.69, 9.17) is 5.73 Å². The molecule has 0 aliphatic heterocycles. The van der Waals surface area contributed by atoms with E-state index in [0.717, 1.165) is 17.5 Å². The van der Waals surface area contributed by atoms with Crippen LogP contribution in [0.1, 0.15) is 56.3 Å². The van der Waals surface area contributed by atoms with E-state index in [9.17, 15) is 4.79 Å². The second kappa shape index (κ2) is 6.78. The molecule has 1 aliphatic carbocycles. The lowest BCUT2D eigenvalue weighted by Gasteiger charge is -2.20. The first-order chi connectivity index (χ1) is 9.56. The van der Waals surface area contributed by atoms with Crippen LogP contribution in [0.5, 0.6) is 0 Å². The maximum Gasteiger partial charge on any atom is 0.248 e. The molecule has 1 aromatic carbocycles. The van der Waals surface area contributed by atoms with Crippen molar-refractivity contribution in [3.8, 4) is 0 Å². The minimum absolute atomic E-state index is 0.370. The van der Waals surface area contributed by atoms with Gasteiger partial charge in [-0.05, 0) is 55.4 Å². The second-order valence-corrected chi connectivity index (χ2v) is 6.30. The summed E-state index contributed by atoms with van der Waals surface area (Å²) in [4.78, 5) is 11.0. The first-order valence-corrected chi connectivity index (χ1v) is 7.72. The van der Waals surface area contributed by atoms with Crippen LogP contribution in [-0.2, 0) is 0 Å². The monoisotopic (exact) mass is 274 g/mol. The van der Waals surface area contributed by atoms with E-state index >= 15 is 0 Å². The third-order valence-electron chi connectivity index (χ3n) is 4.50. The van der Waals surface area contributed by atoms with E-state index in [0.29, 0.717) is 11.6 Å². The molecular weight excluding hydrogens is 248 g/mol. The quantitative estimate of drug-likeness (QED) is 0.820. The van der Waals surface area contributed by atoms with E-state index in [1.54, 1.807) is 12.1 Å². The van der Waals surface area contributed by atoms with Gasteiger partial charge in [-0.3, -0.25) is 4.79 Å². The van der Waals surface area contributed by atoms with Crippen molar-refractivity contribution < 1.29 is 4.79 Å². The molecule has 110 valence electrons. The summed E-state index contributed by atoms with van der Waals surface area (Å²) < 4.78 is 0. The van der Waals surface area contributed by atoms with Crippen LogP contribution < -0.4 is 11.1 Å². The Bertz CT molecular complexity index is 439. The van der Waals surface area contributed by atoms with Crippen LogP contribution >= 0.6 is 0 Å². The first-order valence-electron chi connectivity index (χ1n) is 7.72. The van der Waals surface area contributed by atoms with E-state index < -0.39 is 0 Å². The molecule has 2 rings (SSSR count). The molecule has 0 spiro atoms. The van der Waals surface area contributed by atoms with Crippen molar-refractivity contribution >= 4 is 11.6 Å². The van der Waals surface area contributed by atoms with Gasteiger partial charge in [-0.25, -0.2) is 0 Å². The zero-order valence-corrected chi connectivity index (χ0v) is 12.6. The van der Waals surface area contributed by atoms with Crippen LogP contribution in [0.25, 0.3) is 0 Å². The van der Waals surface area contributed by atoms with Crippen LogP contribution in [-0.4, -0.2) is 11.9 Å². The summed E-state index contributed by atoms with van der Waals surface area (Å²) in [6.45, 7) is 4.67. The third kappa shape index (κ3) is 3.99. The zero-order valence-electron chi connectivity index (χ0n) is 12.6. The number of carbonyl (C=O) groups excluding carboxylic acids is 1. The number of amides is 1. The maximum atomic E-state index is 11.0. The predicted molar refractivity (Wildman–Crippen MR) is 83.8 cm³/mol. The van der Waals surface area contributed by atoms with Gasteiger partial charge in [0.1, 0.15) is 0 Å². The smallest absolute Gasteiger partial charge is 0.248 e. The SMILES string of the molecule is CC(C)C1CCCC(Nc2ccc(C(N)=O)cc2)CC1. The van der Waals surface area contributed by atoms with Gasteiger partial charge in [-0.2, -0.15) is 0 Å². The van der Waals surface area contributed by atoms with Crippen LogP contribution in [0, 0.1) is 11.8 Å². The average molecular weight is 274 g/mol. The lowest BCUT2D eigenvalue weighted by Crippen LogP contribution is -2.19. The predicted octanol–water partition coefficient (Wildman–Crippen LogP) is 3.80. The van der Waals surface area contributed by atoms with Gasteiger partial charge in [-0.1, -0.05) is 26.7 Å². The zero-order chi connectivity index (χ0) is 14.5. The van der Waals surface area contributed by atoms with Crippen LogP contribution in [0.3, 0.4) is 0 Å². The molecule has 2 atom stereocenters. The number of nitrogens with two attached hydrogens (primary N) is 1. The summed E-state index contributed by atoms with van der Waals surface area (Å²) in [5.41, 5.74) is 6.91. The fourth-order valence-corrected chi connectivity index (χ4v) is 3.11. The minimum atomic E-state index is -0.370. The van der Waals surface area contributed by atoms with Crippen LogP contribution in [0.15, 0.2) is 24.3 Å². The summed E-state index contributed by atoms with van der Waals surface area (Å²) >= 11 is 0. The van der Waals surface area contributed by atoms with Crippen molar-refractivity contribution in [3.05, 3.63) is 29.8 Å². The molecule has 3 N–H and O–H groups in total. The first kappa shape index (κ1) is 14.9. The van der Waals surface area contributed by atoms with Crippen molar-refractivity contribution in [1.82, 2.24) is 0 Å². The van der Waals surface area contributed by atoms with Crippen molar-refractivity contribution in [2.45, 2.75) is 52.0 Å². The molecule has 1 fully saturated rings. The molecule has 1 aromatic rings. The fourth-order valence-electron chi connectivity index (χ4n) is 3.11. The molecule has 0 heterocycles. The van der Waals surface area contributed by atoms with Crippen LogP contribution in [0.4, 0.5) is 5.69 Å². The second-order valence-electron chi connectivity index (χ2n) is 6.30. The maximum absolute atomic E-state index is 11.0. The highest BCUT2D eigenvalue weighted by Gasteiger charge is 2.20. The molecule has 1 saturated carbocycles. The highest BCUT2D eigenvalue weighted by Crippen LogP contribution is 2.30. The van der Waals surface area contributed by atoms with Gasteiger partial charge in [0.15, 0.2) is 0 Å². The average Bonchev–Trinajstić information content (AvgIpc) is 2.65. The summed E-state index contributed by atoms with van der Waals surface area (Å²) in [6, 6.07) is 8.03. The Labute approximate surface area is 121 Å². The number of primary amides is 1. The number of hydrogen-bond donors (Lipinski definition) is 2. The van der Waals surface area contributed by atoms with Gasteiger partial charge in [0.05, 0.1) is 0 Å². The minimum Gasteiger partial charge on any atom is -0.382 e. The molecule has 1 amide bonds. The Morgan fingerprint density at radius 3 is 2.45 bits per heavy atom. The molecule has 20 heavy (non-hydrogen) atoms. The standard InChI is InChI=1S/C17H26N2O/c1-12(2)13-4-3-5-15(9-6-13)19-16-10-7-14(8-11-16)17(18)20/h7-8,10-13,15,19H,3-6,9H2,1-2H3,(H2,18,20). The van der Waals surface area contributed by atoms with E-state index in [2.05, 4.69) is 19.2 Å². The Morgan fingerprint density at radius 2 is 1.85 bits per heavy atom. The highest BCUT2D eigenvalue weighted by atomic mass is 16.1. The number of benzene rings is 1. The topological polar surface area (TPSA) is 55.1 Å². The number of anilines is 1. The number of hydrogen-bond acceptors (Lipinski definition) is 2. The van der Waals surface area contributed by atoms with Crippen molar-refractivity contribution in [2.24, 2.45) is 17.6 Å². The Kier molecular flexibility index (Phi) is 5.05. The van der Waals surface area contributed by atoms with Gasteiger partial charge in [0.2, 0.25) is 5.91 Å². The molecule has 3 nitrogen and oxygen atoms in total. The molecule has 2 unspecified atom stereocenters. The van der Waals surface area contributed by atoms with Gasteiger partial charge < -0.3 is 11.1 Å². The summed E-state index contributed by atoms with van der Waals surface area (Å²) in [5, 5.41) is 3.59. The van der Waals surface area contributed by atoms with Gasteiger partial charge in [0.25, 0.3) is 0 Å². The molecular formula is C17H26N2O. The van der Waals surface area contributed by atoms with Gasteiger partial charge >= 0.3 is 0 Å². The van der Waals surface area contributed by atoms with Crippen LogP contribution in [0.2, 0.25) is 0 Å². The highest BCUT2D eigenvalue weighted by molar-refractivity contribution is 5.93. The van der Waals surface area contributed by atoms with Gasteiger partial charge in [0, 0.05) is 17.3 Å². The molecule has 0 aromatic heterocycles. The summed E-state index contributed by atoms with van der Waals surface area (Å²) in [6.07, 6.45) is 6.45. The lowest BCUT2D eigenvalue weighted by atomic mass is 9.89. The normalized spacial score (nSPS) is 23.4. The third-order valence-corrected chi connectivity index (χ3v) is 4.50. The van der Waals surface area contributed by atoms with E-state index in [1.807, 2.05) is 12.1 Å². The van der Waals surface area contributed by atoms with Crippen molar-refractivity contribution in [2.75, 3.05) is 5.32 Å². The Hall–Kier alpha value is -1.51.